The summed E-state index contributed by atoms with van der Waals surface area (Å²) in [6.07, 6.45) is 3.03. The van der Waals surface area contributed by atoms with Crippen molar-refractivity contribution in [2.24, 2.45) is 4.99 Å². The maximum Gasteiger partial charge on any atom is 0.191 e. The number of rotatable bonds is 11. The molecule has 1 aromatic rings. The molecule has 0 bridgehead atoms. The van der Waals surface area contributed by atoms with Crippen molar-refractivity contribution in [3.8, 4) is 5.75 Å². The first-order valence-electron chi connectivity index (χ1n) is 10.5. The summed E-state index contributed by atoms with van der Waals surface area (Å²) in [7, 11) is 7.40. The monoisotopic (exact) mass is 406 g/mol. The minimum absolute atomic E-state index is 0.0408. The lowest BCUT2D eigenvalue weighted by Gasteiger charge is -2.38. The van der Waals surface area contributed by atoms with E-state index in [1.54, 1.807) is 14.2 Å². The van der Waals surface area contributed by atoms with Crippen molar-refractivity contribution < 1.29 is 14.2 Å². The van der Waals surface area contributed by atoms with Crippen LogP contribution in [0.15, 0.2) is 29.3 Å². The van der Waals surface area contributed by atoms with Gasteiger partial charge in [-0.05, 0) is 44.0 Å². The number of likely N-dealkylation sites (N-methyl/N-ethyl adjacent to an activating group) is 1. The molecule has 1 aromatic carbocycles. The van der Waals surface area contributed by atoms with Crippen molar-refractivity contribution >= 4 is 5.96 Å². The fraction of sp³-hybridized carbons (Fsp3) is 0.682. The Balaban J connectivity index is 1.88. The first-order valence-corrected chi connectivity index (χ1v) is 10.5. The minimum atomic E-state index is 0.0408. The largest absolute Gasteiger partial charge is 0.497 e. The van der Waals surface area contributed by atoms with Crippen molar-refractivity contribution in [3.63, 3.8) is 0 Å². The quantitative estimate of drug-likeness (QED) is 0.332. The third-order valence-corrected chi connectivity index (χ3v) is 5.64. The average molecular weight is 407 g/mol. The van der Waals surface area contributed by atoms with Crippen molar-refractivity contribution in [3.05, 3.63) is 29.8 Å². The van der Waals surface area contributed by atoms with Crippen LogP contribution in [0.3, 0.4) is 0 Å². The Bertz CT molecular complexity index is 601. The van der Waals surface area contributed by atoms with Gasteiger partial charge in [0.1, 0.15) is 5.75 Å². The summed E-state index contributed by atoms with van der Waals surface area (Å²) in [6, 6.07) is 8.44. The molecule has 1 aliphatic rings. The summed E-state index contributed by atoms with van der Waals surface area (Å²) >= 11 is 0. The van der Waals surface area contributed by atoms with Crippen molar-refractivity contribution in [1.29, 1.82) is 0 Å². The average Bonchev–Trinajstić information content (AvgIpc) is 2.77. The van der Waals surface area contributed by atoms with Gasteiger partial charge >= 0.3 is 0 Å². The highest BCUT2D eigenvalue weighted by Gasteiger charge is 2.34. The fourth-order valence-corrected chi connectivity index (χ4v) is 3.70. The molecule has 7 nitrogen and oxygen atoms in total. The van der Waals surface area contributed by atoms with Gasteiger partial charge in [-0.15, -0.1) is 0 Å². The van der Waals surface area contributed by atoms with Crippen LogP contribution in [0.1, 0.15) is 24.8 Å². The first kappa shape index (κ1) is 23.4. The van der Waals surface area contributed by atoms with E-state index in [1.165, 1.54) is 5.56 Å². The van der Waals surface area contributed by atoms with Gasteiger partial charge < -0.3 is 29.7 Å². The molecule has 0 amide bonds. The summed E-state index contributed by atoms with van der Waals surface area (Å²) in [5.74, 6) is 1.73. The van der Waals surface area contributed by atoms with E-state index in [1.807, 2.05) is 19.2 Å². The molecule has 0 spiro atoms. The minimum Gasteiger partial charge on any atom is -0.497 e. The van der Waals surface area contributed by atoms with E-state index < -0.39 is 0 Å². The fourth-order valence-electron chi connectivity index (χ4n) is 3.70. The molecule has 0 unspecified atom stereocenters. The van der Waals surface area contributed by atoms with E-state index in [0.717, 1.165) is 77.0 Å². The van der Waals surface area contributed by atoms with E-state index in [4.69, 9.17) is 14.2 Å². The van der Waals surface area contributed by atoms with E-state index in [-0.39, 0.29) is 5.41 Å². The maximum absolute atomic E-state index is 5.64. The molecule has 1 saturated heterocycles. The molecule has 0 aliphatic carbocycles. The van der Waals surface area contributed by atoms with E-state index in [0.29, 0.717) is 0 Å². The standard InChI is InChI=1S/C22H38N4O3/c1-23-21(24-12-14-26(2)13-5-15-27-3)25-18-22(10-16-29-17-11-22)19-6-8-20(28-4)9-7-19/h6-9H,5,10-18H2,1-4H3,(H2,23,24,25). The lowest BCUT2D eigenvalue weighted by atomic mass is 9.74. The van der Waals surface area contributed by atoms with Crippen LogP contribution in [0.2, 0.25) is 0 Å². The Hall–Kier alpha value is -1.83. The van der Waals surface area contributed by atoms with Gasteiger partial charge in [-0.2, -0.15) is 0 Å². The van der Waals surface area contributed by atoms with Crippen LogP contribution in [-0.2, 0) is 14.9 Å². The zero-order chi connectivity index (χ0) is 21.0. The van der Waals surface area contributed by atoms with Crippen LogP contribution in [0.25, 0.3) is 0 Å². The second kappa shape index (κ2) is 12.7. The molecule has 1 aliphatic heterocycles. The Labute approximate surface area is 175 Å². The lowest BCUT2D eigenvalue weighted by Crippen LogP contribution is -2.49. The molecule has 7 heteroatoms. The summed E-state index contributed by atoms with van der Waals surface area (Å²) in [5, 5.41) is 6.98. The van der Waals surface area contributed by atoms with Crippen LogP contribution in [0, 0.1) is 0 Å². The van der Waals surface area contributed by atoms with Crippen LogP contribution in [0.4, 0.5) is 0 Å². The van der Waals surface area contributed by atoms with Gasteiger partial charge in [0.2, 0.25) is 0 Å². The van der Waals surface area contributed by atoms with E-state index in [9.17, 15) is 0 Å². The number of guanidine groups is 1. The second-order valence-electron chi connectivity index (χ2n) is 7.62. The second-order valence-corrected chi connectivity index (χ2v) is 7.62. The number of hydrogen-bond acceptors (Lipinski definition) is 5. The lowest BCUT2D eigenvalue weighted by molar-refractivity contribution is 0.0513. The summed E-state index contributed by atoms with van der Waals surface area (Å²) in [4.78, 5) is 6.70. The van der Waals surface area contributed by atoms with Crippen molar-refractivity contribution in [1.82, 2.24) is 15.5 Å². The number of hydrogen-bond donors (Lipinski definition) is 2. The van der Waals surface area contributed by atoms with Gasteiger partial charge in [-0.1, -0.05) is 12.1 Å². The summed E-state index contributed by atoms with van der Waals surface area (Å²) in [6.45, 7) is 6.04. The van der Waals surface area contributed by atoms with Crippen LogP contribution >= 0.6 is 0 Å². The van der Waals surface area contributed by atoms with Gasteiger partial charge in [0.05, 0.1) is 7.11 Å². The molecule has 29 heavy (non-hydrogen) atoms. The van der Waals surface area contributed by atoms with Gasteiger partial charge in [-0.3, -0.25) is 4.99 Å². The summed E-state index contributed by atoms with van der Waals surface area (Å²) in [5.41, 5.74) is 1.36. The predicted molar refractivity (Wildman–Crippen MR) is 118 cm³/mol. The molecular formula is C22H38N4O3. The Morgan fingerprint density at radius 3 is 2.48 bits per heavy atom. The molecule has 2 N–H and O–H groups in total. The normalized spacial score (nSPS) is 16.7. The third-order valence-electron chi connectivity index (χ3n) is 5.64. The van der Waals surface area contributed by atoms with E-state index >= 15 is 0 Å². The van der Waals surface area contributed by atoms with Crippen LogP contribution in [-0.4, -0.2) is 85.2 Å². The third kappa shape index (κ3) is 7.49. The molecule has 1 heterocycles. The highest BCUT2D eigenvalue weighted by Crippen LogP contribution is 2.35. The highest BCUT2D eigenvalue weighted by atomic mass is 16.5. The Morgan fingerprint density at radius 1 is 1.14 bits per heavy atom. The predicted octanol–water partition coefficient (Wildman–Crippen LogP) is 1.88. The molecular weight excluding hydrogens is 368 g/mol. The Morgan fingerprint density at radius 2 is 1.86 bits per heavy atom. The zero-order valence-electron chi connectivity index (χ0n) is 18.5. The van der Waals surface area contributed by atoms with Gasteiger partial charge in [0.15, 0.2) is 5.96 Å². The number of nitrogens with zero attached hydrogens (tertiary/aromatic N) is 2. The molecule has 164 valence electrons. The van der Waals surface area contributed by atoms with Crippen LogP contribution in [0.5, 0.6) is 5.75 Å². The maximum atomic E-state index is 5.64. The van der Waals surface area contributed by atoms with E-state index in [2.05, 4.69) is 39.7 Å². The molecule has 0 atom stereocenters. The number of methoxy groups -OCH3 is 2. The number of aliphatic imine (C=N–C) groups is 1. The molecule has 0 saturated carbocycles. The molecule has 2 rings (SSSR count). The zero-order valence-corrected chi connectivity index (χ0v) is 18.5. The Kier molecular flexibility index (Phi) is 10.2. The highest BCUT2D eigenvalue weighted by molar-refractivity contribution is 5.79. The molecule has 1 fully saturated rings. The molecule has 0 radical (unpaired) electrons. The molecule has 0 aromatic heterocycles. The summed E-state index contributed by atoms with van der Waals surface area (Å²) < 4.78 is 16.1. The van der Waals surface area contributed by atoms with Crippen molar-refractivity contribution in [2.45, 2.75) is 24.7 Å². The number of ether oxygens (including phenoxy) is 3. The topological polar surface area (TPSA) is 67.4 Å². The van der Waals surface area contributed by atoms with Gasteiger partial charge in [0, 0.05) is 65.6 Å². The van der Waals surface area contributed by atoms with Gasteiger partial charge in [-0.25, -0.2) is 0 Å². The number of benzene rings is 1. The van der Waals surface area contributed by atoms with Crippen molar-refractivity contribution in [2.75, 3.05) is 74.3 Å². The van der Waals surface area contributed by atoms with Gasteiger partial charge in [0.25, 0.3) is 0 Å². The first-order chi connectivity index (χ1) is 14.1. The SMILES string of the molecule is CN=C(NCCN(C)CCCOC)NCC1(c2ccc(OC)cc2)CCOCC1. The van der Waals surface area contributed by atoms with Crippen LogP contribution < -0.4 is 15.4 Å². The number of nitrogens with one attached hydrogen (secondary N) is 2. The smallest absolute Gasteiger partial charge is 0.191 e.